The van der Waals surface area contributed by atoms with Crippen molar-refractivity contribution in [2.75, 3.05) is 6.54 Å². The SMILES string of the molecule is CC(C)(C)C1(C)CCCN1.Cl. The molecule has 1 aliphatic rings. The maximum Gasteiger partial charge on any atom is 0.0202 e. The highest BCUT2D eigenvalue weighted by Gasteiger charge is 2.38. The van der Waals surface area contributed by atoms with Gasteiger partial charge in [-0.2, -0.15) is 0 Å². The Balaban J connectivity index is 0.000001000. The zero-order valence-corrected chi connectivity index (χ0v) is 8.85. The average molecular weight is 178 g/mol. The minimum Gasteiger partial charge on any atom is -0.311 e. The molecule has 0 saturated carbocycles. The van der Waals surface area contributed by atoms with Gasteiger partial charge in [0.2, 0.25) is 0 Å². The molecule has 1 fully saturated rings. The van der Waals surface area contributed by atoms with Gasteiger partial charge < -0.3 is 5.32 Å². The molecule has 0 aromatic carbocycles. The van der Waals surface area contributed by atoms with Crippen molar-refractivity contribution < 1.29 is 0 Å². The van der Waals surface area contributed by atoms with Crippen molar-refractivity contribution >= 4 is 12.4 Å². The molecular weight excluding hydrogens is 158 g/mol. The van der Waals surface area contributed by atoms with Crippen LogP contribution in [-0.4, -0.2) is 12.1 Å². The van der Waals surface area contributed by atoms with Crippen LogP contribution in [0, 0.1) is 5.41 Å². The van der Waals surface area contributed by atoms with Crippen molar-refractivity contribution in [3.63, 3.8) is 0 Å². The second-order valence-corrected chi connectivity index (χ2v) is 4.61. The van der Waals surface area contributed by atoms with E-state index in [0.717, 1.165) is 0 Å². The van der Waals surface area contributed by atoms with Crippen molar-refractivity contribution in [1.82, 2.24) is 5.32 Å². The highest BCUT2D eigenvalue weighted by molar-refractivity contribution is 5.85. The topological polar surface area (TPSA) is 12.0 Å². The lowest BCUT2D eigenvalue weighted by Crippen LogP contribution is -2.47. The number of rotatable bonds is 0. The lowest BCUT2D eigenvalue weighted by atomic mass is 9.74. The lowest BCUT2D eigenvalue weighted by Gasteiger charge is -2.38. The molecule has 2 heteroatoms. The van der Waals surface area contributed by atoms with Crippen LogP contribution in [0.5, 0.6) is 0 Å². The molecule has 1 heterocycles. The summed E-state index contributed by atoms with van der Waals surface area (Å²) in [7, 11) is 0. The maximum atomic E-state index is 3.57. The van der Waals surface area contributed by atoms with Gasteiger partial charge in [0.05, 0.1) is 0 Å². The van der Waals surface area contributed by atoms with E-state index in [-0.39, 0.29) is 12.4 Å². The maximum absolute atomic E-state index is 3.57. The number of hydrogen-bond donors (Lipinski definition) is 1. The standard InChI is InChI=1S/C9H19N.ClH/c1-8(2,3)9(4)6-5-7-10-9;/h10H,5-7H2,1-4H3;1H. The fourth-order valence-electron chi connectivity index (χ4n) is 1.53. The van der Waals surface area contributed by atoms with Crippen LogP contribution in [0.15, 0.2) is 0 Å². The average Bonchev–Trinajstić information content (AvgIpc) is 2.13. The normalized spacial score (nSPS) is 31.6. The molecule has 0 spiro atoms. The minimum atomic E-state index is 0. The molecule has 0 aromatic rings. The van der Waals surface area contributed by atoms with Gasteiger partial charge in [0, 0.05) is 5.54 Å². The van der Waals surface area contributed by atoms with Crippen LogP contribution in [0.2, 0.25) is 0 Å². The molecule has 1 atom stereocenters. The van der Waals surface area contributed by atoms with E-state index in [1.165, 1.54) is 19.4 Å². The van der Waals surface area contributed by atoms with Crippen LogP contribution >= 0.6 is 12.4 Å². The largest absolute Gasteiger partial charge is 0.311 e. The number of halogens is 1. The van der Waals surface area contributed by atoms with Crippen molar-refractivity contribution in [2.24, 2.45) is 5.41 Å². The molecule has 0 amide bonds. The summed E-state index contributed by atoms with van der Waals surface area (Å²) in [5.41, 5.74) is 0.788. The second-order valence-electron chi connectivity index (χ2n) is 4.61. The summed E-state index contributed by atoms with van der Waals surface area (Å²) >= 11 is 0. The molecule has 1 saturated heterocycles. The van der Waals surface area contributed by atoms with Crippen LogP contribution < -0.4 is 5.32 Å². The molecule has 0 radical (unpaired) electrons. The molecule has 0 aromatic heterocycles. The van der Waals surface area contributed by atoms with Gasteiger partial charge in [0.15, 0.2) is 0 Å². The summed E-state index contributed by atoms with van der Waals surface area (Å²) in [6.07, 6.45) is 2.67. The van der Waals surface area contributed by atoms with Gasteiger partial charge in [0.1, 0.15) is 0 Å². The van der Waals surface area contributed by atoms with E-state index in [9.17, 15) is 0 Å². The monoisotopic (exact) mass is 177 g/mol. The molecular formula is C9H20ClN. The summed E-state index contributed by atoms with van der Waals surface area (Å²) in [5, 5.41) is 3.57. The van der Waals surface area contributed by atoms with Crippen LogP contribution in [0.4, 0.5) is 0 Å². The van der Waals surface area contributed by atoms with Gasteiger partial charge in [-0.1, -0.05) is 20.8 Å². The molecule has 1 aliphatic heterocycles. The fourth-order valence-corrected chi connectivity index (χ4v) is 1.53. The molecule has 1 rings (SSSR count). The molecule has 0 aliphatic carbocycles. The summed E-state index contributed by atoms with van der Waals surface area (Å²) < 4.78 is 0. The van der Waals surface area contributed by atoms with E-state index in [1.807, 2.05) is 0 Å². The van der Waals surface area contributed by atoms with Crippen molar-refractivity contribution in [1.29, 1.82) is 0 Å². The van der Waals surface area contributed by atoms with Crippen molar-refractivity contribution in [3.8, 4) is 0 Å². The van der Waals surface area contributed by atoms with Crippen LogP contribution in [0.1, 0.15) is 40.5 Å². The van der Waals surface area contributed by atoms with E-state index < -0.39 is 0 Å². The van der Waals surface area contributed by atoms with E-state index >= 15 is 0 Å². The van der Waals surface area contributed by atoms with E-state index in [1.54, 1.807) is 0 Å². The first-order chi connectivity index (χ1) is 4.46. The molecule has 11 heavy (non-hydrogen) atoms. The van der Waals surface area contributed by atoms with Gasteiger partial charge in [-0.3, -0.25) is 0 Å². The number of nitrogens with one attached hydrogen (secondary N) is 1. The van der Waals surface area contributed by atoms with E-state index in [2.05, 4.69) is 33.0 Å². The first-order valence-corrected chi connectivity index (χ1v) is 4.21. The predicted octanol–water partition coefficient (Wildman–Crippen LogP) is 2.60. The van der Waals surface area contributed by atoms with Gasteiger partial charge in [-0.15, -0.1) is 12.4 Å². The van der Waals surface area contributed by atoms with Gasteiger partial charge in [0.25, 0.3) is 0 Å². The molecule has 1 nitrogen and oxygen atoms in total. The van der Waals surface area contributed by atoms with Gasteiger partial charge in [-0.25, -0.2) is 0 Å². The van der Waals surface area contributed by atoms with E-state index in [4.69, 9.17) is 0 Å². The first kappa shape index (κ1) is 11.2. The fraction of sp³-hybridized carbons (Fsp3) is 1.00. The Hall–Kier alpha value is 0.250. The smallest absolute Gasteiger partial charge is 0.0202 e. The summed E-state index contributed by atoms with van der Waals surface area (Å²) in [5.74, 6) is 0. The highest BCUT2D eigenvalue weighted by atomic mass is 35.5. The second kappa shape index (κ2) is 3.32. The molecule has 0 bridgehead atoms. The van der Waals surface area contributed by atoms with Crippen molar-refractivity contribution in [3.05, 3.63) is 0 Å². The van der Waals surface area contributed by atoms with Crippen LogP contribution in [0.25, 0.3) is 0 Å². The molecule has 1 N–H and O–H groups in total. The van der Waals surface area contributed by atoms with Gasteiger partial charge in [-0.05, 0) is 31.7 Å². The minimum absolute atomic E-state index is 0. The Labute approximate surface area is 76.4 Å². The Morgan fingerprint density at radius 2 is 1.82 bits per heavy atom. The first-order valence-electron chi connectivity index (χ1n) is 4.21. The third-order valence-electron chi connectivity index (χ3n) is 3.02. The Kier molecular flexibility index (Phi) is 3.40. The Bertz CT molecular complexity index is 120. The van der Waals surface area contributed by atoms with Crippen molar-refractivity contribution in [2.45, 2.75) is 46.1 Å². The van der Waals surface area contributed by atoms with Gasteiger partial charge >= 0.3 is 0 Å². The molecule has 1 unspecified atom stereocenters. The highest BCUT2D eigenvalue weighted by Crippen LogP contribution is 2.36. The quantitative estimate of drug-likeness (QED) is 0.600. The Morgan fingerprint density at radius 1 is 1.27 bits per heavy atom. The lowest BCUT2D eigenvalue weighted by molar-refractivity contribution is 0.182. The third kappa shape index (κ3) is 2.09. The third-order valence-corrected chi connectivity index (χ3v) is 3.02. The summed E-state index contributed by atoms with van der Waals surface area (Å²) in [6, 6.07) is 0. The number of hydrogen-bond acceptors (Lipinski definition) is 1. The predicted molar refractivity (Wildman–Crippen MR) is 52.3 cm³/mol. The molecule has 68 valence electrons. The van der Waals surface area contributed by atoms with E-state index in [0.29, 0.717) is 11.0 Å². The van der Waals surface area contributed by atoms with Crippen LogP contribution in [-0.2, 0) is 0 Å². The summed E-state index contributed by atoms with van der Waals surface area (Å²) in [4.78, 5) is 0. The zero-order chi connectivity index (χ0) is 7.83. The zero-order valence-electron chi connectivity index (χ0n) is 8.03. The Morgan fingerprint density at radius 3 is 2.00 bits per heavy atom. The summed E-state index contributed by atoms with van der Waals surface area (Å²) in [6.45, 7) is 10.5. The van der Waals surface area contributed by atoms with Crippen LogP contribution in [0.3, 0.4) is 0 Å².